The number of hydrogen-bond donors (Lipinski definition) is 8. The molecule has 19 heteroatoms. The third-order valence-electron chi connectivity index (χ3n) is 10.5. The number of carbonyl (C=O) groups is 3. The third kappa shape index (κ3) is 7.63. The molecule has 1 aliphatic carbocycles. The largest absolute Gasteiger partial charge is 0.471 e. The van der Waals surface area contributed by atoms with Crippen molar-refractivity contribution in [3.8, 4) is 0 Å². The molecule has 5 aliphatic rings. The fourth-order valence-electron chi connectivity index (χ4n) is 7.44. The summed E-state index contributed by atoms with van der Waals surface area (Å²) in [5.74, 6) is -6.03. The molecular formula is C33H46O19. The van der Waals surface area contributed by atoms with Crippen molar-refractivity contribution in [1.82, 2.24) is 0 Å². The van der Waals surface area contributed by atoms with Gasteiger partial charge in [-0.3, -0.25) is 0 Å². The van der Waals surface area contributed by atoms with Gasteiger partial charge in [-0.2, -0.15) is 0 Å². The number of hydrogen-bond acceptors (Lipinski definition) is 19. The van der Waals surface area contributed by atoms with Gasteiger partial charge in [0.1, 0.15) is 61.2 Å². The number of allylic oxidation sites excluding steroid dienone is 1. The average molecular weight is 747 g/mol. The van der Waals surface area contributed by atoms with Gasteiger partial charge in [-0.1, -0.05) is 13.0 Å². The molecule has 1 saturated carbocycles. The minimum absolute atomic E-state index is 0.0494. The Morgan fingerprint density at radius 3 is 1.88 bits per heavy atom. The van der Waals surface area contributed by atoms with Crippen LogP contribution in [0.3, 0.4) is 0 Å². The van der Waals surface area contributed by atoms with Gasteiger partial charge in [0.15, 0.2) is 12.6 Å². The molecule has 0 aromatic rings. The Hall–Kier alpha value is -3.05. The van der Waals surface area contributed by atoms with Crippen LogP contribution in [0, 0.1) is 29.6 Å². The fourth-order valence-corrected chi connectivity index (χ4v) is 7.44. The highest BCUT2D eigenvalue weighted by Gasteiger charge is 2.54. The van der Waals surface area contributed by atoms with Crippen molar-refractivity contribution in [1.29, 1.82) is 0 Å². The number of ether oxygens (including phenoxy) is 8. The van der Waals surface area contributed by atoms with Crippen LogP contribution < -0.4 is 0 Å². The van der Waals surface area contributed by atoms with Gasteiger partial charge in [-0.05, 0) is 12.3 Å². The molecule has 0 amide bonds. The molecule has 3 fully saturated rings. The molecule has 0 radical (unpaired) electrons. The van der Waals surface area contributed by atoms with Crippen molar-refractivity contribution >= 4 is 18.2 Å². The SMILES string of the molecule is C=C[C@@H]1C2C[C@@H](OC(=O)C3=CO[C@@H](O[C@H]4O[C@@H](CO)[C@H](O)[C@@H](O)[C@H]4O)[C@@H](C(O[C@H]4O[C@@H](CO)[C@H](O)[C@H](O)[C@H]4O)O/C=C\2C(=O)OC)[C@H]3CC=O)[C@H]1C. The van der Waals surface area contributed by atoms with Gasteiger partial charge in [0.25, 0.3) is 0 Å². The van der Waals surface area contributed by atoms with Crippen molar-refractivity contribution in [3.63, 3.8) is 0 Å². The highest BCUT2D eigenvalue weighted by molar-refractivity contribution is 5.90. The third-order valence-corrected chi connectivity index (χ3v) is 10.5. The van der Waals surface area contributed by atoms with Gasteiger partial charge in [0.05, 0.1) is 49.9 Å². The minimum Gasteiger partial charge on any atom is -0.471 e. The highest BCUT2D eigenvalue weighted by atomic mass is 16.8. The highest BCUT2D eigenvalue weighted by Crippen LogP contribution is 2.46. The van der Waals surface area contributed by atoms with E-state index in [1.807, 2.05) is 0 Å². The molecule has 19 nitrogen and oxygen atoms in total. The van der Waals surface area contributed by atoms with Crippen LogP contribution >= 0.6 is 0 Å². The summed E-state index contributed by atoms with van der Waals surface area (Å²) in [4.78, 5) is 39.4. The standard InChI is InChI=1S/C33H46O19/c1-4-13-12(2)18-7-15(13)17(28(43)45-3)11-47-31(52-33-27(42)25(40)23(38)20(9-36)50-33)21-14(5-6-34)16(29(44)48-18)10-46-30(21)51-32-26(41)24(39)22(37)19(8-35)49-32/h4,6,10-15,18-27,30-33,35-42H,1,5,7-9H2,2-3H3/b17-11+/t12-,13-,14-,15?,18+,19-,20-,21-,22-,23-,24+,25-,26+,27+,30-,31?,32+,33+/m0/s1. The molecule has 0 aromatic heterocycles. The summed E-state index contributed by atoms with van der Waals surface area (Å²) in [5, 5.41) is 82.8. The summed E-state index contributed by atoms with van der Waals surface area (Å²) in [6.07, 6.45) is -18.4. The maximum atomic E-state index is 13.9. The molecule has 2 unspecified atom stereocenters. The summed E-state index contributed by atoms with van der Waals surface area (Å²) in [6, 6.07) is 0. The topological polar surface area (TPSA) is 287 Å². The van der Waals surface area contributed by atoms with E-state index < -0.39 is 135 Å². The average Bonchev–Trinajstić information content (AvgIpc) is 3.44. The number of rotatable bonds is 10. The summed E-state index contributed by atoms with van der Waals surface area (Å²) in [5.41, 5.74) is -0.244. The summed E-state index contributed by atoms with van der Waals surface area (Å²) < 4.78 is 46.0. The zero-order chi connectivity index (χ0) is 38.0. The Balaban J connectivity index is 1.64. The van der Waals surface area contributed by atoms with E-state index in [-0.39, 0.29) is 23.5 Å². The van der Waals surface area contributed by atoms with E-state index in [2.05, 4.69) is 6.58 Å². The first-order valence-corrected chi connectivity index (χ1v) is 16.8. The van der Waals surface area contributed by atoms with Crippen molar-refractivity contribution in [2.24, 2.45) is 29.6 Å². The second-order valence-electron chi connectivity index (χ2n) is 13.4. The smallest absolute Gasteiger partial charge is 0.337 e. The maximum Gasteiger partial charge on any atom is 0.337 e. The van der Waals surface area contributed by atoms with Crippen LogP contribution in [0.5, 0.6) is 0 Å². The summed E-state index contributed by atoms with van der Waals surface area (Å²) in [7, 11) is 1.14. The number of aliphatic hydroxyl groups is 8. The summed E-state index contributed by atoms with van der Waals surface area (Å²) in [6.45, 7) is 4.06. The van der Waals surface area contributed by atoms with Crippen LogP contribution in [0.1, 0.15) is 19.8 Å². The molecule has 292 valence electrons. The van der Waals surface area contributed by atoms with Crippen LogP contribution in [0.2, 0.25) is 0 Å². The monoisotopic (exact) mass is 746 g/mol. The molecule has 5 rings (SSSR count). The molecular weight excluding hydrogens is 700 g/mol. The van der Waals surface area contributed by atoms with Crippen molar-refractivity contribution < 1.29 is 93.1 Å². The number of aldehydes is 1. The van der Waals surface area contributed by atoms with E-state index >= 15 is 0 Å². The lowest BCUT2D eigenvalue weighted by molar-refractivity contribution is -0.372. The molecule has 18 atom stereocenters. The fraction of sp³-hybridized carbons (Fsp3) is 0.727. The van der Waals surface area contributed by atoms with E-state index in [4.69, 9.17) is 37.9 Å². The Morgan fingerprint density at radius 1 is 0.865 bits per heavy atom. The maximum absolute atomic E-state index is 13.9. The van der Waals surface area contributed by atoms with E-state index in [9.17, 15) is 55.2 Å². The molecule has 8 N–H and O–H groups in total. The normalized spacial score (nSPS) is 46.1. The van der Waals surface area contributed by atoms with Crippen LogP contribution in [0.4, 0.5) is 0 Å². The first kappa shape index (κ1) is 40.1. The van der Waals surface area contributed by atoms with Gasteiger partial charge in [0.2, 0.25) is 12.6 Å². The lowest BCUT2D eigenvalue weighted by Gasteiger charge is -2.46. The van der Waals surface area contributed by atoms with Crippen molar-refractivity contribution in [3.05, 3.63) is 36.3 Å². The molecule has 52 heavy (non-hydrogen) atoms. The van der Waals surface area contributed by atoms with Gasteiger partial charge in [-0.25, -0.2) is 9.59 Å². The quantitative estimate of drug-likeness (QED) is 0.0610. The van der Waals surface area contributed by atoms with E-state index in [0.29, 0.717) is 6.29 Å². The van der Waals surface area contributed by atoms with E-state index in [0.717, 1.165) is 19.6 Å². The Bertz CT molecular complexity index is 1350. The zero-order valence-corrected chi connectivity index (χ0v) is 28.3. The first-order valence-electron chi connectivity index (χ1n) is 16.8. The minimum atomic E-state index is -1.98. The van der Waals surface area contributed by atoms with Crippen LogP contribution in [0.15, 0.2) is 36.3 Å². The second-order valence-corrected chi connectivity index (χ2v) is 13.4. The zero-order valence-electron chi connectivity index (χ0n) is 28.3. The number of aliphatic hydroxyl groups excluding tert-OH is 8. The second kappa shape index (κ2) is 17.0. The number of fused-ring (bicyclic) bond motifs is 4. The predicted molar refractivity (Wildman–Crippen MR) is 166 cm³/mol. The molecule has 4 aliphatic heterocycles. The molecule has 0 aromatic carbocycles. The lowest BCUT2D eigenvalue weighted by atomic mass is 9.81. The predicted octanol–water partition coefficient (Wildman–Crippen LogP) is -3.54. The molecule has 2 saturated heterocycles. The Morgan fingerprint density at radius 2 is 1.40 bits per heavy atom. The van der Waals surface area contributed by atoms with Crippen molar-refractivity contribution in [2.45, 2.75) is 99.9 Å². The van der Waals surface area contributed by atoms with E-state index in [1.165, 1.54) is 0 Å². The molecule has 4 bridgehead atoms. The van der Waals surface area contributed by atoms with Gasteiger partial charge >= 0.3 is 11.9 Å². The Kier molecular flexibility index (Phi) is 13.1. The molecule has 0 spiro atoms. The van der Waals surface area contributed by atoms with Gasteiger partial charge < -0.3 is 83.5 Å². The van der Waals surface area contributed by atoms with Crippen LogP contribution in [-0.4, -0.2) is 159 Å². The van der Waals surface area contributed by atoms with Crippen molar-refractivity contribution in [2.75, 3.05) is 20.3 Å². The summed E-state index contributed by atoms with van der Waals surface area (Å²) >= 11 is 0. The number of carbonyl (C=O) groups excluding carboxylic acids is 3. The van der Waals surface area contributed by atoms with Gasteiger partial charge in [0, 0.05) is 24.2 Å². The molecule has 4 heterocycles. The number of esters is 2. The Labute approximate surface area is 297 Å². The van der Waals surface area contributed by atoms with Crippen LogP contribution in [-0.2, 0) is 52.3 Å². The van der Waals surface area contributed by atoms with Crippen LogP contribution in [0.25, 0.3) is 0 Å². The van der Waals surface area contributed by atoms with E-state index in [1.54, 1.807) is 13.0 Å². The lowest BCUT2D eigenvalue weighted by Crippen LogP contribution is -2.62. The van der Waals surface area contributed by atoms with Gasteiger partial charge in [-0.15, -0.1) is 6.58 Å². The first-order chi connectivity index (χ1) is 24.8. The number of methoxy groups -OCH3 is 1.